The Labute approximate surface area is 218 Å². The molecule has 1 N–H and O–H groups in total. The lowest BCUT2D eigenvalue weighted by Gasteiger charge is -2.39. The molecule has 2 aliphatic heterocycles. The minimum Gasteiger partial charge on any atom is -0.381 e. The molecule has 2 saturated heterocycles. The quantitative estimate of drug-likeness (QED) is 0.491. The highest BCUT2D eigenvalue weighted by atomic mass is 32.2. The van der Waals surface area contributed by atoms with Gasteiger partial charge in [0, 0.05) is 62.0 Å². The lowest BCUT2D eigenvalue weighted by atomic mass is 9.82. The van der Waals surface area contributed by atoms with Crippen molar-refractivity contribution in [2.24, 2.45) is 0 Å². The van der Waals surface area contributed by atoms with Crippen molar-refractivity contribution in [3.63, 3.8) is 0 Å². The van der Waals surface area contributed by atoms with Gasteiger partial charge in [-0.2, -0.15) is 4.31 Å². The maximum atomic E-state index is 15.6. The largest absolute Gasteiger partial charge is 0.381 e. The van der Waals surface area contributed by atoms with E-state index in [1.807, 2.05) is 43.3 Å². The van der Waals surface area contributed by atoms with Crippen LogP contribution in [0, 0.1) is 5.82 Å². The van der Waals surface area contributed by atoms with Gasteiger partial charge in [-0.15, -0.1) is 0 Å². The van der Waals surface area contributed by atoms with Gasteiger partial charge < -0.3 is 10.1 Å². The van der Waals surface area contributed by atoms with E-state index in [0.29, 0.717) is 44.6 Å². The van der Waals surface area contributed by atoms with E-state index in [9.17, 15) is 8.42 Å². The summed E-state index contributed by atoms with van der Waals surface area (Å²) >= 11 is 0. The molecule has 3 aromatic rings. The number of halogens is 1. The molecular formula is C28H33FN4O3S. The van der Waals surface area contributed by atoms with Crippen molar-refractivity contribution < 1.29 is 17.5 Å². The first-order valence-corrected chi connectivity index (χ1v) is 14.3. The van der Waals surface area contributed by atoms with Crippen LogP contribution in [0.2, 0.25) is 0 Å². The first-order valence-electron chi connectivity index (χ1n) is 12.8. The molecular weight excluding hydrogens is 491 g/mol. The summed E-state index contributed by atoms with van der Waals surface area (Å²) in [4.78, 5) is 8.47. The SMILES string of the molecule is C[C@H]1CC[C@H](c2ccccc2)S(=O)(=O)N1Cc1ccc(C2(NCc3cnccn3)CCOCC2)cc1F. The minimum atomic E-state index is -3.64. The van der Waals surface area contributed by atoms with Crippen LogP contribution in [-0.4, -0.2) is 41.9 Å². The zero-order chi connectivity index (χ0) is 25.9. The Morgan fingerprint density at radius 1 is 1.11 bits per heavy atom. The highest BCUT2D eigenvalue weighted by Gasteiger charge is 2.41. The van der Waals surface area contributed by atoms with Crippen molar-refractivity contribution in [3.8, 4) is 0 Å². The van der Waals surface area contributed by atoms with E-state index in [2.05, 4.69) is 15.3 Å². The zero-order valence-corrected chi connectivity index (χ0v) is 21.8. The molecule has 9 heteroatoms. The van der Waals surface area contributed by atoms with Crippen molar-refractivity contribution in [1.29, 1.82) is 0 Å². The molecule has 37 heavy (non-hydrogen) atoms. The molecule has 1 aromatic heterocycles. The fourth-order valence-electron chi connectivity index (χ4n) is 5.46. The lowest BCUT2D eigenvalue weighted by Crippen LogP contribution is -2.46. The lowest BCUT2D eigenvalue weighted by molar-refractivity contribution is 0.0355. The highest BCUT2D eigenvalue weighted by molar-refractivity contribution is 7.89. The number of hydrogen-bond donors (Lipinski definition) is 1. The number of nitrogens with one attached hydrogen (secondary N) is 1. The second-order valence-corrected chi connectivity index (χ2v) is 12.0. The molecule has 5 rings (SSSR count). The molecule has 2 aromatic carbocycles. The van der Waals surface area contributed by atoms with Gasteiger partial charge in [0.15, 0.2) is 0 Å². The van der Waals surface area contributed by atoms with Crippen LogP contribution in [0.1, 0.15) is 60.2 Å². The Hall–Kier alpha value is -2.72. The first-order chi connectivity index (χ1) is 17.9. The fraction of sp³-hybridized carbons (Fsp3) is 0.429. The number of rotatable bonds is 7. The molecule has 0 radical (unpaired) electrons. The Bertz CT molecular complexity index is 1300. The topological polar surface area (TPSA) is 84.4 Å². The molecule has 0 saturated carbocycles. The number of ether oxygens (including phenoxy) is 1. The van der Waals surface area contributed by atoms with E-state index >= 15 is 4.39 Å². The Morgan fingerprint density at radius 3 is 2.59 bits per heavy atom. The normalized spacial score (nSPS) is 23.5. The van der Waals surface area contributed by atoms with E-state index in [1.165, 1.54) is 4.31 Å². The van der Waals surface area contributed by atoms with Crippen molar-refractivity contribution in [3.05, 3.63) is 95.3 Å². The number of hydrogen-bond acceptors (Lipinski definition) is 6. The number of aromatic nitrogens is 2. The van der Waals surface area contributed by atoms with Gasteiger partial charge in [0.1, 0.15) is 11.1 Å². The molecule has 0 amide bonds. The number of nitrogens with zero attached hydrogens (tertiary/aromatic N) is 3. The van der Waals surface area contributed by atoms with Crippen LogP contribution in [0.5, 0.6) is 0 Å². The van der Waals surface area contributed by atoms with Crippen LogP contribution in [-0.2, 0) is 33.4 Å². The first kappa shape index (κ1) is 25.9. The van der Waals surface area contributed by atoms with Crippen LogP contribution in [0.15, 0.2) is 67.1 Å². The third-order valence-corrected chi connectivity index (χ3v) is 10.1. The molecule has 196 valence electrons. The third kappa shape index (κ3) is 5.45. The molecule has 2 fully saturated rings. The van der Waals surface area contributed by atoms with Gasteiger partial charge in [0.05, 0.1) is 5.69 Å². The molecule has 0 unspecified atom stereocenters. The summed E-state index contributed by atoms with van der Waals surface area (Å²) in [6.07, 6.45) is 7.69. The van der Waals surface area contributed by atoms with Gasteiger partial charge in [-0.05, 0) is 49.8 Å². The van der Waals surface area contributed by atoms with Crippen molar-refractivity contribution in [2.75, 3.05) is 13.2 Å². The number of benzene rings is 2. The Morgan fingerprint density at radius 2 is 1.89 bits per heavy atom. The van der Waals surface area contributed by atoms with Crippen LogP contribution in [0.3, 0.4) is 0 Å². The van der Waals surface area contributed by atoms with E-state index in [-0.39, 0.29) is 12.6 Å². The molecule has 3 heterocycles. The van der Waals surface area contributed by atoms with Gasteiger partial charge >= 0.3 is 0 Å². The average Bonchev–Trinajstić information content (AvgIpc) is 2.92. The summed E-state index contributed by atoms with van der Waals surface area (Å²) in [5.41, 5.74) is 2.34. The van der Waals surface area contributed by atoms with Gasteiger partial charge in [0.25, 0.3) is 0 Å². The fourth-order valence-corrected chi connectivity index (χ4v) is 7.65. The van der Waals surface area contributed by atoms with Crippen LogP contribution < -0.4 is 5.32 Å². The molecule has 2 aliphatic rings. The smallest absolute Gasteiger partial charge is 0.221 e. The Balaban J connectivity index is 1.38. The van der Waals surface area contributed by atoms with Crippen LogP contribution in [0.4, 0.5) is 4.39 Å². The summed E-state index contributed by atoms with van der Waals surface area (Å²) in [5, 5.41) is 2.98. The van der Waals surface area contributed by atoms with Crippen molar-refractivity contribution in [1.82, 2.24) is 19.6 Å². The van der Waals surface area contributed by atoms with Gasteiger partial charge in [-0.25, -0.2) is 12.8 Å². The monoisotopic (exact) mass is 524 g/mol. The molecule has 2 atom stereocenters. The van der Waals surface area contributed by atoms with E-state index < -0.39 is 26.6 Å². The standard InChI is InChI=1S/C28H33FN4O3S/c1-21-7-10-27(22-5-3-2-4-6-22)37(34,35)33(21)20-23-8-9-24(17-26(23)29)28(11-15-36-16-12-28)32-19-25-18-30-13-14-31-25/h2-6,8-9,13-14,17-18,21,27,32H,7,10-12,15-16,19-20H2,1H3/t21-,27+/m0/s1. The van der Waals surface area contributed by atoms with Gasteiger partial charge in [0.2, 0.25) is 10.0 Å². The molecule has 0 aliphatic carbocycles. The maximum Gasteiger partial charge on any atom is 0.221 e. The molecule has 7 nitrogen and oxygen atoms in total. The minimum absolute atomic E-state index is 0.0160. The summed E-state index contributed by atoms with van der Waals surface area (Å²) in [7, 11) is -3.64. The summed E-state index contributed by atoms with van der Waals surface area (Å²) in [5.74, 6) is -0.395. The maximum absolute atomic E-state index is 15.6. The average molecular weight is 525 g/mol. The second-order valence-electron chi connectivity index (χ2n) is 9.97. The van der Waals surface area contributed by atoms with Crippen molar-refractivity contribution >= 4 is 10.0 Å². The van der Waals surface area contributed by atoms with E-state index in [0.717, 1.165) is 23.2 Å². The Kier molecular flexibility index (Phi) is 7.67. The summed E-state index contributed by atoms with van der Waals surface area (Å²) < 4.78 is 49.8. The summed E-state index contributed by atoms with van der Waals surface area (Å²) in [6, 6.07) is 14.3. The third-order valence-electron chi connectivity index (χ3n) is 7.70. The second kappa shape index (κ2) is 10.9. The zero-order valence-electron chi connectivity index (χ0n) is 21.0. The highest BCUT2D eigenvalue weighted by Crippen LogP contribution is 2.39. The number of sulfonamides is 1. The van der Waals surface area contributed by atoms with E-state index in [4.69, 9.17) is 4.74 Å². The van der Waals surface area contributed by atoms with Crippen LogP contribution in [0.25, 0.3) is 0 Å². The predicted octanol–water partition coefficient (Wildman–Crippen LogP) is 4.47. The van der Waals surface area contributed by atoms with Gasteiger partial charge in [-0.1, -0.05) is 42.5 Å². The van der Waals surface area contributed by atoms with E-state index in [1.54, 1.807) is 30.7 Å². The van der Waals surface area contributed by atoms with Crippen molar-refractivity contribution in [2.45, 2.75) is 62.5 Å². The predicted molar refractivity (Wildman–Crippen MR) is 139 cm³/mol. The van der Waals surface area contributed by atoms with Gasteiger partial charge in [-0.3, -0.25) is 9.97 Å². The van der Waals surface area contributed by atoms with Crippen LogP contribution >= 0.6 is 0 Å². The molecule has 0 spiro atoms. The molecule has 0 bridgehead atoms. The summed E-state index contributed by atoms with van der Waals surface area (Å²) in [6.45, 7) is 3.56.